The Bertz CT molecular complexity index is 996. The minimum atomic E-state index is -0.315. The van der Waals surface area contributed by atoms with Crippen molar-refractivity contribution in [2.45, 2.75) is 20.4 Å². The van der Waals surface area contributed by atoms with Crippen LogP contribution in [0.1, 0.15) is 37.4 Å². The first-order valence-corrected chi connectivity index (χ1v) is 8.94. The predicted molar refractivity (Wildman–Crippen MR) is 108 cm³/mol. The van der Waals surface area contributed by atoms with Gasteiger partial charge in [0.05, 0.1) is 0 Å². The topological polar surface area (TPSA) is 58.2 Å². The van der Waals surface area contributed by atoms with E-state index in [0.717, 1.165) is 22.4 Å². The van der Waals surface area contributed by atoms with Crippen LogP contribution >= 0.6 is 0 Å². The monoisotopic (exact) mass is 376 g/mol. The highest BCUT2D eigenvalue weighted by molar-refractivity contribution is 6.05. The van der Waals surface area contributed by atoms with Crippen molar-refractivity contribution in [3.8, 4) is 0 Å². The van der Waals surface area contributed by atoms with Crippen LogP contribution in [0.5, 0.6) is 0 Å². The number of rotatable bonds is 5. The molecule has 0 saturated heterocycles. The Kier molecular flexibility index (Phi) is 5.84. The molecule has 0 bridgehead atoms. The molecular formula is C23H21FN2O2. The van der Waals surface area contributed by atoms with Crippen molar-refractivity contribution < 1.29 is 14.0 Å². The van der Waals surface area contributed by atoms with Gasteiger partial charge in [-0.05, 0) is 79.1 Å². The molecule has 3 aromatic rings. The molecule has 0 aromatic heterocycles. The van der Waals surface area contributed by atoms with Crippen molar-refractivity contribution in [1.29, 1.82) is 0 Å². The molecule has 28 heavy (non-hydrogen) atoms. The van der Waals surface area contributed by atoms with Crippen molar-refractivity contribution in [3.05, 3.63) is 100 Å². The summed E-state index contributed by atoms with van der Waals surface area (Å²) in [6, 6.07) is 18.1. The Morgan fingerprint density at radius 2 is 1.39 bits per heavy atom. The highest BCUT2D eigenvalue weighted by Gasteiger charge is 2.10. The first-order valence-electron chi connectivity index (χ1n) is 8.94. The van der Waals surface area contributed by atoms with Crippen LogP contribution in [0.15, 0.2) is 66.7 Å². The molecule has 3 rings (SSSR count). The molecule has 5 heteroatoms. The fraction of sp³-hybridized carbons (Fsp3) is 0.130. The molecule has 0 aliphatic heterocycles. The van der Waals surface area contributed by atoms with Gasteiger partial charge in [0.25, 0.3) is 11.8 Å². The van der Waals surface area contributed by atoms with Crippen molar-refractivity contribution in [2.24, 2.45) is 0 Å². The number of anilines is 1. The molecular weight excluding hydrogens is 355 g/mol. The van der Waals surface area contributed by atoms with Gasteiger partial charge in [-0.3, -0.25) is 9.59 Å². The lowest BCUT2D eigenvalue weighted by molar-refractivity contribution is 0.0949. The number of carbonyl (C=O) groups excluding carboxylic acids is 2. The summed E-state index contributed by atoms with van der Waals surface area (Å²) >= 11 is 0. The average molecular weight is 376 g/mol. The molecule has 0 fully saturated rings. The first kappa shape index (κ1) is 19.3. The molecule has 0 aliphatic carbocycles. The molecule has 142 valence electrons. The van der Waals surface area contributed by atoms with Gasteiger partial charge in [-0.1, -0.05) is 18.2 Å². The maximum atomic E-state index is 12.9. The van der Waals surface area contributed by atoms with Crippen molar-refractivity contribution in [3.63, 3.8) is 0 Å². The van der Waals surface area contributed by atoms with Crippen LogP contribution in [0.25, 0.3) is 0 Å². The van der Waals surface area contributed by atoms with E-state index in [1.807, 2.05) is 32.0 Å². The van der Waals surface area contributed by atoms with Gasteiger partial charge in [0.1, 0.15) is 5.82 Å². The molecule has 2 amide bonds. The second-order valence-electron chi connectivity index (χ2n) is 6.64. The number of benzene rings is 3. The summed E-state index contributed by atoms with van der Waals surface area (Å²) in [5.74, 6) is -0.809. The van der Waals surface area contributed by atoms with Crippen LogP contribution in [0, 0.1) is 19.7 Å². The summed E-state index contributed by atoms with van der Waals surface area (Å²) in [5, 5.41) is 5.63. The van der Waals surface area contributed by atoms with E-state index in [9.17, 15) is 14.0 Å². The van der Waals surface area contributed by atoms with Crippen LogP contribution in [-0.2, 0) is 6.54 Å². The van der Waals surface area contributed by atoms with E-state index in [1.54, 1.807) is 36.4 Å². The SMILES string of the molecule is Cc1ccc(NC(=O)c2ccc(C(=O)NCc3ccc(F)cc3)cc2)cc1C. The number of hydrogen-bond acceptors (Lipinski definition) is 2. The Balaban J connectivity index is 1.60. The summed E-state index contributed by atoms with van der Waals surface area (Å²) in [7, 11) is 0. The lowest BCUT2D eigenvalue weighted by Crippen LogP contribution is -2.23. The molecule has 4 nitrogen and oxygen atoms in total. The van der Waals surface area contributed by atoms with Gasteiger partial charge < -0.3 is 10.6 Å². The maximum absolute atomic E-state index is 12.9. The highest BCUT2D eigenvalue weighted by Crippen LogP contribution is 2.15. The number of amides is 2. The number of carbonyl (C=O) groups is 2. The van der Waals surface area contributed by atoms with E-state index >= 15 is 0 Å². The van der Waals surface area contributed by atoms with Gasteiger partial charge in [0.2, 0.25) is 0 Å². The lowest BCUT2D eigenvalue weighted by Gasteiger charge is -2.09. The number of aryl methyl sites for hydroxylation is 2. The second kappa shape index (κ2) is 8.48. The molecule has 0 unspecified atom stereocenters. The van der Waals surface area contributed by atoms with Crippen LogP contribution < -0.4 is 10.6 Å². The third kappa shape index (κ3) is 4.82. The van der Waals surface area contributed by atoms with E-state index in [4.69, 9.17) is 0 Å². The number of hydrogen-bond donors (Lipinski definition) is 2. The molecule has 0 radical (unpaired) electrons. The first-order chi connectivity index (χ1) is 13.4. The van der Waals surface area contributed by atoms with Crippen molar-refractivity contribution in [2.75, 3.05) is 5.32 Å². The molecule has 0 heterocycles. The summed E-state index contributed by atoms with van der Waals surface area (Å²) in [6.45, 7) is 4.30. The third-order valence-electron chi connectivity index (χ3n) is 4.54. The molecule has 0 spiro atoms. The summed E-state index contributed by atoms with van der Waals surface area (Å²) in [4.78, 5) is 24.6. The van der Waals surface area contributed by atoms with E-state index in [0.29, 0.717) is 17.7 Å². The van der Waals surface area contributed by atoms with E-state index < -0.39 is 0 Å². The standard InChI is InChI=1S/C23H21FN2O2/c1-15-3-12-21(13-16(15)2)26-23(28)19-8-6-18(7-9-19)22(27)25-14-17-4-10-20(24)11-5-17/h3-13H,14H2,1-2H3,(H,25,27)(H,26,28). The van der Waals surface area contributed by atoms with Gasteiger partial charge >= 0.3 is 0 Å². The van der Waals surface area contributed by atoms with Gasteiger partial charge in [-0.2, -0.15) is 0 Å². The number of halogens is 1. The number of nitrogens with one attached hydrogen (secondary N) is 2. The van der Waals surface area contributed by atoms with Crippen LogP contribution in [0.2, 0.25) is 0 Å². The summed E-state index contributed by atoms with van der Waals surface area (Å²) in [5.41, 5.74) is 4.71. The fourth-order valence-electron chi connectivity index (χ4n) is 2.68. The van der Waals surface area contributed by atoms with E-state index in [1.165, 1.54) is 12.1 Å². The van der Waals surface area contributed by atoms with E-state index in [2.05, 4.69) is 10.6 Å². The van der Waals surface area contributed by atoms with Gasteiger partial charge in [0, 0.05) is 23.4 Å². The van der Waals surface area contributed by atoms with Gasteiger partial charge in [0.15, 0.2) is 0 Å². The largest absolute Gasteiger partial charge is 0.348 e. The summed E-state index contributed by atoms with van der Waals surface area (Å²) in [6.07, 6.45) is 0. The van der Waals surface area contributed by atoms with Crippen LogP contribution in [0.3, 0.4) is 0 Å². The second-order valence-corrected chi connectivity index (χ2v) is 6.64. The Hall–Kier alpha value is -3.47. The van der Waals surface area contributed by atoms with Crippen molar-refractivity contribution in [1.82, 2.24) is 5.32 Å². The minimum absolute atomic E-state index is 0.235. The lowest BCUT2D eigenvalue weighted by atomic mass is 10.1. The van der Waals surface area contributed by atoms with Crippen molar-refractivity contribution >= 4 is 17.5 Å². The summed E-state index contributed by atoms with van der Waals surface area (Å²) < 4.78 is 12.9. The maximum Gasteiger partial charge on any atom is 0.255 e. The average Bonchev–Trinajstić information content (AvgIpc) is 2.70. The fourth-order valence-corrected chi connectivity index (χ4v) is 2.68. The molecule has 2 N–H and O–H groups in total. The molecule has 3 aromatic carbocycles. The zero-order chi connectivity index (χ0) is 20.1. The Morgan fingerprint density at radius 3 is 2.00 bits per heavy atom. The van der Waals surface area contributed by atoms with Gasteiger partial charge in [-0.15, -0.1) is 0 Å². The third-order valence-corrected chi connectivity index (χ3v) is 4.54. The zero-order valence-electron chi connectivity index (χ0n) is 15.8. The van der Waals surface area contributed by atoms with Crippen LogP contribution in [0.4, 0.5) is 10.1 Å². The highest BCUT2D eigenvalue weighted by atomic mass is 19.1. The normalized spacial score (nSPS) is 10.4. The van der Waals surface area contributed by atoms with E-state index in [-0.39, 0.29) is 17.6 Å². The quantitative estimate of drug-likeness (QED) is 0.682. The van der Waals surface area contributed by atoms with Gasteiger partial charge in [-0.25, -0.2) is 4.39 Å². The Morgan fingerprint density at radius 1 is 0.786 bits per heavy atom. The molecule has 0 saturated carbocycles. The smallest absolute Gasteiger partial charge is 0.255 e. The Labute approximate surface area is 163 Å². The minimum Gasteiger partial charge on any atom is -0.348 e. The van der Waals surface area contributed by atoms with Crippen LogP contribution in [-0.4, -0.2) is 11.8 Å². The zero-order valence-corrected chi connectivity index (χ0v) is 15.8. The molecule has 0 atom stereocenters. The molecule has 0 aliphatic rings. The predicted octanol–water partition coefficient (Wildman–Crippen LogP) is 4.62.